The minimum atomic E-state index is -3.88. The summed E-state index contributed by atoms with van der Waals surface area (Å²) in [5.41, 5.74) is -2.00. The van der Waals surface area contributed by atoms with E-state index in [4.69, 9.17) is 18.1 Å². The quantitative estimate of drug-likeness (QED) is 0.0770. The molecule has 0 fully saturated rings. The third kappa shape index (κ3) is 20.4. The van der Waals surface area contributed by atoms with Crippen LogP contribution in [-0.4, -0.2) is 80.0 Å². The number of carbonyl (C=O) groups excluding carboxylic acids is 1. The number of carbonyl (C=O) groups is 1. The number of rotatable bonds is 22. The van der Waals surface area contributed by atoms with Crippen LogP contribution < -0.4 is 5.32 Å². The first-order chi connectivity index (χ1) is 25.6. The number of nitrogens with one attached hydrogen (secondary N) is 1. The second kappa shape index (κ2) is 21.1. The van der Waals surface area contributed by atoms with E-state index >= 15 is 0 Å². The van der Waals surface area contributed by atoms with E-state index in [9.17, 15) is 24.1 Å². The molecule has 0 saturated heterocycles. The maximum absolute atomic E-state index is 15.0. The van der Waals surface area contributed by atoms with Crippen molar-refractivity contribution in [2.24, 2.45) is 0 Å². The summed E-state index contributed by atoms with van der Waals surface area (Å²) < 4.78 is 55.0. The Morgan fingerprint density at radius 1 is 0.679 bits per heavy atom. The Bertz CT molecular complexity index is 1570. The van der Waals surface area contributed by atoms with Crippen molar-refractivity contribution in [3.8, 4) is 11.5 Å². The van der Waals surface area contributed by atoms with Crippen molar-refractivity contribution in [2.75, 3.05) is 25.7 Å². The predicted octanol–water partition coefficient (Wildman–Crippen LogP) is 10.4. The van der Waals surface area contributed by atoms with Gasteiger partial charge in [-0.25, -0.2) is 0 Å². The van der Waals surface area contributed by atoms with Gasteiger partial charge < -0.3 is 33.6 Å². The number of phenols is 2. The number of amides is 1. The highest BCUT2D eigenvalue weighted by Gasteiger charge is 2.41. The molecule has 3 N–H and O–H groups in total. The SMILES string of the molecule is CCCC(=O)NCCCCC(CN(Cc1ccccc1O)CP(=O)(OC(C)(C)C)OC(C)(C)C)N(Cc1ccccc1O)CP(=O)(OC(C)(C)C)OC(C)(C)C. The van der Waals surface area contributed by atoms with Gasteiger partial charge in [-0.15, -0.1) is 0 Å². The Kier molecular flexibility index (Phi) is 18.8. The van der Waals surface area contributed by atoms with Crippen molar-refractivity contribution in [2.45, 2.75) is 164 Å². The Morgan fingerprint density at radius 3 is 1.54 bits per heavy atom. The Balaban J connectivity index is 2.78. The van der Waals surface area contributed by atoms with Gasteiger partial charge in [-0.3, -0.25) is 23.7 Å². The lowest BCUT2D eigenvalue weighted by Crippen LogP contribution is -2.45. The lowest BCUT2D eigenvalue weighted by Gasteiger charge is -2.41. The highest BCUT2D eigenvalue weighted by atomic mass is 31.2. The number of hydrogen-bond acceptors (Lipinski definition) is 11. The molecule has 0 aliphatic heterocycles. The van der Waals surface area contributed by atoms with Gasteiger partial charge in [-0.05, 0) is 114 Å². The lowest BCUT2D eigenvalue weighted by atomic mass is 10.1. The fourth-order valence-corrected chi connectivity index (χ4v) is 11.4. The zero-order valence-corrected chi connectivity index (χ0v) is 38.3. The standard InChI is InChI=1S/C42H73N3O9P2/c1-14-21-38(48)43-27-20-19-24-35(45(29-34-23-16-18-26-37(34)47)32-56(50,53-41(8,9)10)54-42(11,12)13)30-44(28-33-22-15-17-25-36(33)46)31-55(49,51-39(2,3)4)52-40(5,6)7/h15-18,22-23,25-26,35,46-47H,14,19-21,24,27-32H2,1-13H3,(H,43,48). The van der Waals surface area contributed by atoms with Crippen molar-refractivity contribution in [3.63, 3.8) is 0 Å². The first kappa shape index (κ1) is 49.9. The van der Waals surface area contributed by atoms with Gasteiger partial charge in [-0.1, -0.05) is 49.7 Å². The molecule has 1 atom stereocenters. The van der Waals surface area contributed by atoms with Gasteiger partial charge in [0.05, 0.1) is 22.4 Å². The third-order valence-corrected chi connectivity index (χ3v) is 12.6. The van der Waals surface area contributed by atoms with E-state index < -0.39 is 43.6 Å². The number of unbranched alkanes of at least 4 members (excludes halogenated alkanes) is 1. The monoisotopic (exact) mass is 825 g/mol. The molecule has 56 heavy (non-hydrogen) atoms. The summed E-state index contributed by atoms with van der Waals surface area (Å²) >= 11 is 0. The normalized spacial score (nSPS) is 14.1. The first-order valence-corrected chi connectivity index (χ1v) is 23.3. The maximum atomic E-state index is 15.0. The number of aromatic hydroxyl groups is 2. The number of phenolic OH excluding ortho intramolecular Hbond substituents is 2. The second-order valence-electron chi connectivity index (χ2n) is 18.6. The van der Waals surface area contributed by atoms with Crippen molar-refractivity contribution < 1.29 is 42.2 Å². The molecule has 0 spiro atoms. The van der Waals surface area contributed by atoms with E-state index in [-0.39, 0.29) is 49.6 Å². The molecule has 0 bridgehead atoms. The van der Waals surface area contributed by atoms with Crippen LogP contribution >= 0.6 is 15.2 Å². The van der Waals surface area contributed by atoms with Crippen LogP contribution in [-0.2, 0) is 45.1 Å². The average Bonchev–Trinajstić information content (AvgIpc) is 2.98. The third-order valence-electron chi connectivity index (χ3n) is 7.88. The molecule has 1 unspecified atom stereocenters. The van der Waals surface area contributed by atoms with Gasteiger partial charge in [0.25, 0.3) is 0 Å². The summed E-state index contributed by atoms with van der Waals surface area (Å²) in [4.78, 5) is 16.2. The molecular formula is C42H73N3O9P2. The van der Waals surface area contributed by atoms with Crippen molar-refractivity contribution in [3.05, 3.63) is 59.7 Å². The highest BCUT2D eigenvalue weighted by molar-refractivity contribution is 7.54. The molecular weight excluding hydrogens is 752 g/mol. The predicted molar refractivity (Wildman–Crippen MR) is 226 cm³/mol. The van der Waals surface area contributed by atoms with Gasteiger partial charge in [0.15, 0.2) is 0 Å². The number of hydrogen-bond donors (Lipinski definition) is 3. The summed E-state index contributed by atoms with van der Waals surface area (Å²) in [7, 11) is -7.73. The van der Waals surface area contributed by atoms with Crippen LogP contribution in [0.4, 0.5) is 0 Å². The molecule has 0 aliphatic carbocycles. The van der Waals surface area contributed by atoms with Crippen LogP contribution in [0.15, 0.2) is 48.5 Å². The molecule has 1 amide bonds. The highest BCUT2D eigenvalue weighted by Crippen LogP contribution is 2.57. The van der Waals surface area contributed by atoms with Crippen molar-refractivity contribution in [1.82, 2.24) is 15.1 Å². The van der Waals surface area contributed by atoms with Gasteiger partial charge in [0.1, 0.15) is 24.1 Å². The zero-order valence-electron chi connectivity index (χ0n) is 36.5. The number of benzene rings is 2. The van der Waals surface area contributed by atoms with E-state index in [1.807, 2.05) is 124 Å². The van der Waals surface area contributed by atoms with Crippen LogP contribution in [0, 0.1) is 0 Å². The number of para-hydroxylation sites is 2. The van der Waals surface area contributed by atoms with Crippen LogP contribution in [0.1, 0.15) is 133 Å². The van der Waals surface area contributed by atoms with E-state index in [1.165, 1.54) is 0 Å². The smallest absolute Gasteiger partial charge is 0.345 e. The molecule has 2 aromatic rings. The van der Waals surface area contributed by atoms with Crippen LogP contribution in [0.5, 0.6) is 11.5 Å². The summed E-state index contributed by atoms with van der Waals surface area (Å²) in [6.07, 6.45) is 2.91. The molecule has 0 aromatic heterocycles. The van der Waals surface area contributed by atoms with Gasteiger partial charge in [0.2, 0.25) is 5.91 Å². The zero-order chi connectivity index (χ0) is 42.6. The summed E-state index contributed by atoms with van der Waals surface area (Å²) in [6, 6.07) is 13.7. The van der Waals surface area contributed by atoms with Crippen molar-refractivity contribution in [1.29, 1.82) is 0 Å². The first-order valence-electron chi connectivity index (χ1n) is 19.9. The lowest BCUT2D eigenvalue weighted by molar-refractivity contribution is -0.121. The summed E-state index contributed by atoms with van der Waals surface area (Å²) in [6.45, 7) is 25.1. The molecule has 0 saturated carbocycles. The average molecular weight is 826 g/mol. The Morgan fingerprint density at radius 2 is 1.11 bits per heavy atom. The second-order valence-corrected chi connectivity index (χ2v) is 22.3. The molecule has 0 aliphatic rings. The number of nitrogens with zero attached hydrogens (tertiary/aromatic N) is 2. The molecule has 320 valence electrons. The van der Waals surface area contributed by atoms with Gasteiger partial charge in [0, 0.05) is 49.8 Å². The van der Waals surface area contributed by atoms with Crippen LogP contribution in [0.3, 0.4) is 0 Å². The molecule has 2 rings (SSSR count). The minimum absolute atomic E-state index is 0.00659. The topological polar surface area (TPSA) is 147 Å². The van der Waals surface area contributed by atoms with Gasteiger partial charge >= 0.3 is 15.2 Å². The fraction of sp³-hybridized carbons (Fsp3) is 0.690. The largest absolute Gasteiger partial charge is 0.508 e. The van der Waals surface area contributed by atoms with E-state index in [0.717, 1.165) is 6.42 Å². The Labute approximate surface area is 338 Å². The molecule has 12 nitrogen and oxygen atoms in total. The molecule has 14 heteroatoms. The fourth-order valence-electron chi connectivity index (χ4n) is 6.24. The molecule has 0 radical (unpaired) electrons. The summed E-state index contributed by atoms with van der Waals surface area (Å²) in [5, 5.41) is 25.0. The van der Waals surface area contributed by atoms with Crippen LogP contribution in [0.25, 0.3) is 0 Å². The minimum Gasteiger partial charge on any atom is -0.508 e. The van der Waals surface area contributed by atoms with Crippen molar-refractivity contribution >= 4 is 21.1 Å². The molecule has 2 aromatic carbocycles. The summed E-state index contributed by atoms with van der Waals surface area (Å²) in [5.74, 6) is 0.186. The maximum Gasteiger partial charge on any atom is 0.345 e. The van der Waals surface area contributed by atoms with Gasteiger partial charge in [-0.2, -0.15) is 0 Å². The van der Waals surface area contributed by atoms with Crippen LogP contribution in [0.2, 0.25) is 0 Å². The van der Waals surface area contributed by atoms with E-state index in [1.54, 1.807) is 24.3 Å². The molecule has 0 heterocycles. The van der Waals surface area contributed by atoms with E-state index in [0.29, 0.717) is 43.4 Å². The van der Waals surface area contributed by atoms with E-state index in [2.05, 4.69) is 5.32 Å². The Hall–Kier alpha value is -2.27.